The van der Waals surface area contributed by atoms with E-state index in [4.69, 9.17) is 0 Å². The summed E-state index contributed by atoms with van der Waals surface area (Å²) < 4.78 is 0. The number of carbonyl (C=O) groups is 2. The molecule has 0 aliphatic carbocycles. The molecule has 1 aliphatic heterocycles. The lowest BCUT2D eigenvalue weighted by atomic mass is 10.1. The van der Waals surface area contributed by atoms with Crippen LogP contribution in [0, 0.1) is 5.92 Å². The molecular formula is C17H24N2O2. The number of likely N-dealkylation sites (tertiary alicyclic amines) is 1. The molecule has 2 atom stereocenters. The maximum Gasteiger partial charge on any atom is 0.232 e. The first-order valence-electron chi connectivity index (χ1n) is 7.74. The van der Waals surface area contributed by atoms with E-state index in [1.54, 1.807) is 4.90 Å². The van der Waals surface area contributed by atoms with Crippen molar-refractivity contribution in [3.63, 3.8) is 0 Å². The van der Waals surface area contributed by atoms with Crippen molar-refractivity contribution in [1.29, 1.82) is 0 Å². The molecule has 4 nitrogen and oxygen atoms in total. The van der Waals surface area contributed by atoms with Gasteiger partial charge < -0.3 is 9.80 Å². The maximum atomic E-state index is 12.7. The molecule has 1 aromatic rings. The first-order chi connectivity index (χ1) is 10.1. The molecule has 0 spiro atoms. The monoisotopic (exact) mass is 288 g/mol. The summed E-state index contributed by atoms with van der Waals surface area (Å²) >= 11 is 0. The minimum Gasteiger partial charge on any atom is -0.339 e. The Morgan fingerprint density at radius 2 is 2.00 bits per heavy atom. The number of para-hydroxylation sites is 1. The summed E-state index contributed by atoms with van der Waals surface area (Å²) in [7, 11) is 0. The number of anilines is 1. The first-order valence-corrected chi connectivity index (χ1v) is 7.74. The van der Waals surface area contributed by atoms with E-state index in [1.165, 1.54) is 0 Å². The smallest absolute Gasteiger partial charge is 0.232 e. The standard InChI is InChI=1S/C17H24N2O2/c1-4-13(3)19-12-14(11-16(19)20)17(21)18(5-2)15-9-7-6-8-10-15/h6-10,13-14H,4-5,11-12H2,1-3H3. The van der Waals surface area contributed by atoms with Gasteiger partial charge >= 0.3 is 0 Å². The quantitative estimate of drug-likeness (QED) is 0.836. The molecular weight excluding hydrogens is 264 g/mol. The van der Waals surface area contributed by atoms with Gasteiger partial charge in [0.25, 0.3) is 0 Å². The van der Waals surface area contributed by atoms with Crippen molar-refractivity contribution in [2.75, 3.05) is 18.0 Å². The van der Waals surface area contributed by atoms with E-state index in [-0.39, 0.29) is 23.8 Å². The Morgan fingerprint density at radius 3 is 2.57 bits per heavy atom. The van der Waals surface area contributed by atoms with Crippen LogP contribution in [0.2, 0.25) is 0 Å². The van der Waals surface area contributed by atoms with E-state index >= 15 is 0 Å². The molecule has 0 N–H and O–H groups in total. The van der Waals surface area contributed by atoms with Crippen molar-refractivity contribution in [2.24, 2.45) is 5.92 Å². The van der Waals surface area contributed by atoms with Crippen LogP contribution in [0.1, 0.15) is 33.6 Å². The molecule has 1 aromatic carbocycles. The fourth-order valence-corrected chi connectivity index (χ4v) is 2.84. The zero-order valence-corrected chi connectivity index (χ0v) is 13.1. The highest BCUT2D eigenvalue weighted by Crippen LogP contribution is 2.25. The second-order valence-electron chi connectivity index (χ2n) is 5.62. The minimum absolute atomic E-state index is 0.0582. The summed E-state index contributed by atoms with van der Waals surface area (Å²) in [4.78, 5) is 28.4. The lowest BCUT2D eigenvalue weighted by molar-refractivity contribution is -0.129. The second kappa shape index (κ2) is 6.74. The molecule has 1 saturated heterocycles. The molecule has 1 fully saturated rings. The molecule has 21 heavy (non-hydrogen) atoms. The Labute approximate surface area is 126 Å². The van der Waals surface area contributed by atoms with Gasteiger partial charge in [-0.15, -0.1) is 0 Å². The number of rotatable bonds is 5. The van der Waals surface area contributed by atoms with Gasteiger partial charge in [-0.25, -0.2) is 0 Å². The highest BCUT2D eigenvalue weighted by Gasteiger charge is 2.37. The molecule has 2 unspecified atom stereocenters. The van der Waals surface area contributed by atoms with Gasteiger partial charge in [0.2, 0.25) is 11.8 Å². The van der Waals surface area contributed by atoms with Crippen LogP contribution in [0.15, 0.2) is 30.3 Å². The highest BCUT2D eigenvalue weighted by molar-refractivity contribution is 5.99. The van der Waals surface area contributed by atoms with Gasteiger partial charge in [0.1, 0.15) is 0 Å². The first kappa shape index (κ1) is 15.5. The molecule has 0 bridgehead atoms. The van der Waals surface area contributed by atoms with Crippen molar-refractivity contribution in [3.8, 4) is 0 Å². The zero-order chi connectivity index (χ0) is 15.4. The number of hydrogen-bond donors (Lipinski definition) is 0. The van der Waals surface area contributed by atoms with Crippen LogP contribution in [0.25, 0.3) is 0 Å². The molecule has 0 radical (unpaired) electrons. The van der Waals surface area contributed by atoms with E-state index < -0.39 is 0 Å². The predicted molar refractivity (Wildman–Crippen MR) is 84.0 cm³/mol. The normalized spacial score (nSPS) is 19.7. The number of amides is 2. The van der Waals surface area contributed by atoms with Gasteiger partial charge in [-0.2, -0.15) is 0 Å². The van der Waals surface area contributed by atoms with Crippen LogP contribution in [-0.2, 0) is 9.59 Å². The zero-order valence-electron chi connectivity index (χ0n) is 13.1. The van der Waals surface area contributed by atoms with Gasteiger partial charge in [-0.1, -0.05) is 25.1 Å². The Bertz CT molecular complexity index is 501. The van der Waals surface area contributed by atoms with Crippen LogP contribution >= 0.6 is 0 Å². The third-order valence-corrected chi connectivity index (χ3v) is 4.28. The van der Waals surface area contributed by atoms with Gasteiger partial charge in [0.05, 0.1) is 5.92 Å². The topological polar surface area (TPSA) is 40.6 Å². The number of hydrogen-bond acceptors (Lipinski definition) is 2. The lowest BCUT2D eigenvalue weighted by Gasteiger charge is -2.26. The molecule has 114 valence electrons. The number of benzene rings is 1. The second-order valence-corrected chi connectivity index (χ2v) is 5.62. The van der Waals surface area contributed by atoms with E-state index in [9.17, 15) is 9.59 Å². The third-order valence-electron chi connectivity index (χ3n) is 4.28. The molecule has 0 saturated carbocycles. The minimum atomic E-state index is -0.216. The van der Waals surface area contributed by atoms with Crippen LogP contribution in [-0.4, -0.2) is 35.8 Å². The highest BCUT2D eigenvalue weighted by atomic mass is 16.2. The SMILES string of the molecule is CCC(C)N1CC(C(=O)N(CC)c2ccccc2)CC1=O. The van der Waals surface area contributed by atoms with Crippen LogP contribution in [0.3, 0.4) is 0 Å². The Morgan fingerprint density at radius 1 is 1.33 bits per heavy atom. The van der Waals surface area contributed by atoms with E-state index in [1.807, 2.05) is 49.1 Å². The summed E-state index contributed by atoms with van der Waals surface area (Å²) in [5.41, 5.74) is 0.902. The molecule has 0 aromatic heterocycles. The van der Waals surface area contributed by atoms with Gasteiger partial charge in [-0.05, 0) is 32.4 Å². The number of carbonyl (C=O) groups excluding carboxylic acids is 2. The predicted octanol–water partition coefficient (Wildman–Crippen LogP) is 2.69. The summed E-state index contributed by atoms with van der Waals surface area (Å²) in [5, 5.41) is 0. The fraction of sp³-hybridized carbons (Fsp3) is 0.529. The van der Waals surface area contributed by atoms with Crippen molar-refractivity contribution in [1.82, 2.24) is 4.90 Å². The van der Waals surface area contributed by atoms with Crippen molar-refractivity contribution in [3.05, 3.63) is 30.3 Å². The Balaban J connectivity index is 2.11. The molecule has 1 heterocycles. The Kier molecular flexibility index (Phi) is 4.99. The summed E-state index contributed by atoms with van der Waals surface area (Å²) in [6.45, 7) is 7.25. The van der Waals surface area contributed by atoms with Gasteiger partial charge in [-0.3, -0.25) is 9.59 Å². The average Bonchev–Trinajstić information content (AvgIpc) is 2.90. The maximum absolute atomic E-state index is 12.7. The molecule has 1 aliphatic rings. The molecule has 2 amide bonds. The van der Waals surface area contributed by atoms with Gasteiger partial charge in [0.15, 0.2) is 0 Å². The average molecular weight is 288 g/mol. The van der Waals surface area contributed by atoms with Crippen LogP contribution in [0.5, 0.6) is 0 Å². The summed E-state index contributed by atoms with van der Waals surface area (Å²) in [5.74, 6) is -0.0543. The molecule has 4 heteroatoms. The van der Waals surface area contributed by atoms with Gasteiger partial charge in [0, 0.05) is 31.2 Å². The summed E-state index contributed by atoms with van der Waals surface area (Å²) in [6.07, 6.45) is 1.26. The third kappa shape index (κ3) is 3.26. The largest absolute Gasteiger partial charge is 0.339 e. The van der Waals surface area contributed by atoms with Crippen LogP contribution in [0.4, 0.5) is 5.69 Å². The number of nitrogens with zero attached hydrogens (tertiary/aromatic N) is 2. The van der Waals surface area contributed by atoms with Crippen molar-refractivity contribution >= 4 is 17.5 Å². The fourth-order valence-electron chi connectivity index (χ4n) is 2.84. The Hall–Kier alpha value is -1.84. The molecule has 2 rings (SSSR count). The summed E-state index contributed by atoms with van der Waals surface area (Å²) in [6, 6.07) is 9.87. The van der Waals surface area contributed by atoms with Crippen molar-refractivity contribution in [2.45, 2.75) is 39.7 Å². The van der Waals surface area contributed by atoms with E-state index in [2.05, 4.69) is 6.92 Å². The van der Waals surface area contributed by atoms with E-state index in [0.717, 1.165) is 12.1 Å². The van der Waals surface area contributed by atoms with E-state index in [0.29, 0.717) is 19.5 Å². The van der Waals surface area contributed by atoms with Crippen LogP contribution < -0.4 is 4.90 Å². The van der Waals surface area contributed by atoms with Crippen molar-refractivity contribution < 1.29 is 9.59 Å². The lowest BCUT2D eigenvalue weighted by Crippen LogP contribution is -2.39.